The van der Waals surface area contributed by atoms with Crippen LogP contribution in [0.4, 0.5) is 11.5 Å². The van der Waals surface area contributed by atoms with Gasteiger partial charge in [0.2, 0.25) is 11.8 Å². The van der Waals surface area contributed by atoms with Gasteiger partial charge in [0.15, 0.2) is 0 Å². The van der Waals surface area contributed by atoms with Crippen LogP contribution in [0, 0.1) is 6.92 Å². The van der Waals surface area contributed by atoms with Crippen molar-refractivity contribution < 1.29 is 18.8 Å². The maximum absolute atomic E-state index is 13.1. The average Bonchev–Trinajstić information content (AvgIpc) is 3.21. The highest BCUT2D eigenvalue weighted by atomic mass is 16.5. The van der Waals surface area contributed by atoms with Crippen molar-refractivity contribution in [1.82, 2.24) is 15.1 Å². The number of hydrogen-bond donors (Lipinski definition) is 2. The van der Waals surface area contributed by atoms with E-state index < -0.39 is 0 Å². The zero-order valence-electron chi connectivity index (χ0n) is 18.2. The SMILES string of the molecule is COc1nc(-c2ccc(NC(C)=O)nc2)ccc1NC(=O)c1c(-c2ccccc2)noc1C. The fraction of sp³-hybridized carbons (Fsp3) is 0.125. The van der Waals surface area contributed by atoms with E-state index in [4.69, 9.17) is 9.26 Å². The number of ether oxygens (including phenoxy) is 1. The lowest BCUT2D eigenvalue weighted by Gasteiger charge is -2.11. The number of anilines is 2. The molecule has 0 radical (unpaired) electrons. The second kappa shape index (κ2) is 9.31. The molecule has 4 aromatic rings. The van der Waals surface area contributed by atoms with E-state index in [-0.39, 0.29) is 17.7 Å². The molecule has 0 bridgehead atoms. The highest BCUT2D eigenvalue weighted by molar-refractivity contribution is 6.09. The first kappa shape index (κ1) is 21.7. The number of nitrogens with zero attached hydrogens (tertiary/aromatic N) is 3. The Morgan fingerprint density at radius 1 is 0.970 bits per heavy atom. The van der Waals surface area contributed by atoms with Gasteiger partial charge in [0, 0.05) is 24.2 Å². The Kier molecular flexibility index (Phi) is 6.12. The summed E-state index contributed by atoms with van der Waals surface area (Å²) in [6, 6.07) is 16.2. The normalized spacial score (nSPS) is 10.5. The third-order valence-corrected chi connectivity index (χ3v) is 4.80. The maximum atomic E-state index is 13.1. The number of pyridine rings is 2. The molecule has 0 saturated carbocycles. The number of rotatable bonds is 6. The van der Waals surface area contributed by atoms with Crippen LogP contribution in [0.15, 0.2) is 65.3 Å². The molecule has 9 nitrogen and oxygen atoms in total. The molecular formula is C24H21N5O4. The number of carbonyl (C=O) groups is 2. The molecule has 166 valence electrons. The Hall–Kier alpha value is -4.53. The second-order valence-corrected chi connectivity index (χ2v) is 7.15. The molecule has 2 N–H and O–H groups in total. The van der Waals surface area contributed by atoms with Crippen molar-refractivity contribution in [2.45, 2.75) is 13.8 Å². The van der Waals surface area contributed by atoms with Crippen molar-refractivity contribution in [3.8, 4) is 28.4 Å². The molecule has 0 atom stereocenters. The minimum absolute atomic E-state index is 0.200. The van der Waals surface area contributed by atoms with Gasteiger partial charge in [0.05, 0.1) is 12.8 Å². The Balaban J connectivity index is 1.59. The lowest BCUT2D eigenvalue weighted by molar-refractivity contribution is -0.114. The number of benzene rings is 1. The van der Waals surface area contributed by atoms with E-state index in [0.717, 1.165) is 11.1 Å². The molecule has 0 saturated heterocycles. The van der Waals surface area contributed by atoms with Gasteiger partial charge in [-0.2, -0.15) is 0 Å². The summed E-state index contributed by atoms with van der Waals surface area (Å²) >= 11 is 0. The summed E-state index contributed by atoms with van der Waals surface area (Å²) in [5, 5.41) is 9.50. The van der Waals surface area contributed by atoms with Gasteiger partial charge in [-0.3, -0.25) is 9.59 Å². The Bertz CT molecular complexity index is 1300. The highest BCUT2D eigenvalue weighted by Crippen LogP contribution is 2.30. The first-order valence-electron chi connectivity index (χ1n) is 10.1. The van der Waals surface area contributed by atoms with E-state index in [1.54, 1.807) is 37.4 Å². The van der Waals surface area contributed by atoms with Crippen LogP contribution in [0.1, 0.15) is 23.0 Å². The number of aromatic nitrogens is 3. The van der Waals surface area contributed by atoms with Crippen LogP contribution in [0.5, 0.6) is 5.88 Å². The Labute approximate surface area is 189 Å². The van der Waals surface area contributed by atoms with Gasteiger partial charge >= 0.3 is 0 Å². The van der Waals surface area contributed by atoms with Gasteiger partial charge in [-0.1, -0.05) is 35.5 Å². The Morgan fingerprint density at radius 3 is 2.42 bits per heavy atom. The molecule has 0 unspecified atom stereocenters. The van der Waals surface area contributed by atoms with E-state index in [2.05, 4.69) is 25.8 Å². The van der Waals surface area contributed by atoms with Crippen molar-refractivity contribution in [1.29, 1.82) is 0 Å². The highest BCUT2D eigenvalue weighted by Gasteiger charge is 2.23. The van der Waals surface area contributed by atoms with Gasteiger partial charge in [-0.05, 0) is 31.2 Å². The van der Waals surface area contributed by atoms with Crippen LogP contribution in [-0.4, -0.2) is 34.0 Å². The van der Waals surface area contributed by atoms with Gasteiger partial charge < -0.3 is 19.9 Å². The molecule has 3 heterocycles. The predicted molar refractivity (Wildman–Crippen MR) is 123 cm³/mol. The Morgan fingerprint density at radius 2 is 1.76 bits per heavy atom. The van der Waals surface area contributed by atoms with Crippen LogP contribution in [0.3, 0.4) is 0 Å². The van der Waals surface area contributed by atoms with Crippen molar-refractivity contribution >= 4 is 23.3 Å². The molecule has 4 rings (SSSR count). The quantitative estimate of drug-likeness (QED) is 0.455. The van der Waals surface area contributed by atoms with Crippen LogP contribution >= 0.6 is 0 Å². The van der Waals surface area contributed by atoms with E-state index in [1.165, 1.54) is 14.0 Å². The lowest BCUT2D eigenvalue weighted by atomic mass is 10.1. The number of hydrogen-bond acceptors (Lipinski definition) is 7. The van der Waals surface area contributed by atoms with Crippen LogP contribution in [-0.2, 0) is 4.79 Å². The monoisotopic (exact) mass is 443 g/mol. The summed E-state index contributed by atoms with van der Waals surface area (Å²) in [5.74, 6) is 0.498. The van der Waals surface area contributed by atoms with Crippen LogP contribution < -0.4 is 15.4 Å². The zero-order valence-corrected chi connectivity index (χ0v) is 18.2. The average molecular weight is 443 g/mol. The summed E-state index contributed by atoms with van der Waals surface area (Å²) in [6.07, 6.45) is 1.60. The van der Waals surface area contributed by atoms with Crippen molar-refractivity contribution in [3.63, 3.8) is 0 Å². The molecule has 2 amide bonds. The number of methoxy groups -OCH3 is 1. The second-order valence-electron chi connectivity index (χ2n) is 7.15. The molecule has 3 aromatic heterocycles. The van der Waals surface area contributed by atoms with E-state index in [1.807, 2.05) is 30.3 Å². The largest absolute Gasteiger partial charge is 0.479 e. The van der Waals surface area contributed by atoms with Gasteiger partial charge in [-0.25, -0.2) is 9.97 Å². The number of carbonyl (C=O) groups excluding carboxylic acids is 2. The molecule has 9 heteroatoms. The molecule has 0 aliphatic carbocycles. The summed E-state index contributed by atoms with van der Waals surface area (Å²) < 4.78 is 10.7. The molecule has 0 aliphatic heterocycles. The fourth-order valence-electron chi connectivity index (χ4n) is 3.27. The molecule has 0 fully saturated rings. The summed E-state index contributed by atoms with van der Waals surface area (Å²) in [5.41, 5.74) is 3.28. The molecule has 1 aromatic carbocycles. The van der Waals surface area contributed by atoms with Crippen molar-refractivity contribution in [3.05, 3.63) is 72.1 Å². The maximum Gasteiger partial charge on any atom is 0.261 e. The number of aryl methyl sites for hydroxylation is 1. The zero-order chi connectivity index (χ0) is 23.4. The fourth-order valence-corrected chi connectivity index (χ4v) is 3.27. The molecule has 33 heavy (non-hydrogen) atoms. The number of nitrogens with one attached hydrogen (secondary N) is 2. The minimum atomic E-state index is -0.387. The topological polar surface area (TPSA) is 119 Å². The van der Waals surface area contributed by atoms with Crippen LogP contribution in [0.25, 0.3) is 22.5 Å². The predicted octanol–water partition coefficient (Wildman–Crippen LogP) is 4.33. The summed E-state index contributed by atoms with van der Waals surface area (Å²) in [6.45, 7) is 3.10. The van der Waals surface area contributed by atoms with Gasteiger partial charge in [0.25, 0.3) is 5.91 Å². The third-order valence-electron chi connectivity index (χ3n) is 4.80. The first-order chi connectivity index (χ1) is 16.0. The third kappa shape index (κ3) is 4.72. The van der Waals surface area contributed by atoms with Crippen molar-refractivity contribution in [2.75, 3.05) is 17.7 Å². The molecule has 0 spiro atoms. The van der Waals surface area contributed by atoms with Gasteiger partial charge in [0.1, 0.15) is 28.5 Å². The van der Waals surface area contributed by atoms with Crippen LogP contribution in [0.2, 0.25) is 0 Å². The number of amides is 2. The van der Waals surface area contributed by atoms with E-state index in [0.29, 0.717) is 34.2 Å². The standard InChI is InChI=1S/C24H21N5O4/c1-14-21(22(29-33-14)16-7-5-4-6-8-16)23(31)27-19-11-10-18(28-24(19)32-3)17-9-12-20(25-13-17)26-15(2)30/h4-13H,1-3H3,(H,27,31)(H,25,26,30). The molecule has 0 aliphatic rings. The lowest BCUT2D eigenvalue weighted by Crippen LogP contribution is -2.14. The molecular weight excluding hydrogens is 422 g/mol. The first-order valence-corrected chi connectivity index (χ1v) is 10.1. The summed E-state index contributed by atoms with van der Waals surface area (Å²) in [4.78, 5) is 33.0. The van der Waals surface area contributed by atoms with Gasteiger partial charge in [-0.15, -0.1) is 0 Å². The van der Waals surface area contributed by atoms with E-state index in [9.17, 15) is 9.59 Å². The minimum Gasteiger partial charge on any atom is -0.479 e. The van der Waals surface area contributed by atoms with Crippen molar-refractivity contribution in [2.24, 2.45) is 0 Å². The van der Waals surface area contributed by atoms with E-state index >= 15 is 0 Å². The summed E-state index contributed by atoms with van der Waals surface area (Å²) in [7, 11) is 1.47. The smallest absolute Gasteiger partial charge is 0.261 e.